The van der Waals surface area contributed by atoms with Gasteiger partial charge >= 0.3 is 0 Å². The molecule has 0 atom stereocenters. The van der Waals surface area contributed by atoms with E-state index in [2.05, 4.69) is 259 Å². The van der Waals surface area contributed by atoms with Crippen molar-refractivity contribution in [3.05, 3.63) is 271 Å². The van der Waals surface area contributed by atoms with Crippen molar-refractivity contribution in [3.63, 3.8) is 0 Å². The summed E-state index contributed by atoms with van der Waals surface area (Å²) in [5.74, 6) is 0. The van der Waals surface area contributed by atoms with Crippen molar-refractivity contribution >= 4 is 38.9 Å². The van der Waals surface area contributed by atoms with Gasteiger partial charge in [0.25, 0.3) is 0 Å². The highest BCUT2D eigenvalue weighted by atomic mass is 15.1. The van der Waals surface area contributed by atoms with Crippen molar-refractivity contribution in [1.82, 2.24) is 4.98 Å². The maximum absolute atomic E-state index is 3.86. The average molecular weight is 803 g/mol. The molecule has 0 saturated heterocycles. The minimum absolute atomic E-state index is 0.666. The maximum Gasteiger partial charge on any atom is 0.0734 e. The van der Waals surface area contributed by atoms with Gasteiger partial charge in [0.05, 0.1) is 16.6 Å². The van der Waals surface area contributed by atoms with Crippen LogP contribution in [0, 0.1) is 0 Å². The van der Waals surface area contributed by atoms with Gasteiger partial charge in [0.1, 0.15) is 0 Å². The highest BCUT2D eigenvalue weighted by molar-refractivity contribution is 6.14. The van der Waals surface area contributed by atoms with Gasteiger partial charge in [-0.1, -0.05) is 212 Å². The molecule has 1 aliphatic carbocycles. The molecule has 0 fully saturated rings. The van der Waals surface area contributed by atoms with Gasteiger partial charge in [0.15, 0.2) is 0 Å². The zero-order chi connectivity index (χ0) is 41.7. The number of nitrogens with one attached hydrogen (secondary N) is 1. The summed E-state index contributed by atoms with van der Waals surface area (Å²) in [6.45, 7) is 0. The van der Waals surface area contributed by atoms with E-state index < -0.39 is 5.41 Å². The van der Waals surface area contributed by atoms with Gasteiger partial charge in [-0.05, 0) is 92.0 Å². The van der Waals surface area contributed by atoms with Crippen LogP contribution in [-0.2, 0) is 5.41 Å². The Balaban J connectivity index is 1.20. The zero-order valence-corrected chi connectivity index (χ0v) is 34.6. The van der Waals surface area contributed by atoms with E-state index in [9.17, 15) is 0 Å². The van der Waals surface area contributed by atoms with E-state index in [1.54, 1.807) is 0 Å². The zero-order valence-electron chi connectivity index (χ0n) is 34.6. The lowest BCUT2D eigenvalue weighted by Gasteiger charge is -2.38. The lowest BCUT2D eigenvalue weighted by Crippen LogP contribution is -2.30. The summed E-state index contributed by atoms with van der Waals surface area (Å²) in [6, 6.07) is 91.1. The minimum Gasteiger partial charge on any atom is -0.354 e. The molecular weight excluding hydrogens is 761 g/mol. The number of fused-ring (bicyclic) bond motifs is 6. The summed E-state index contributed by atoms with van der Waals surface area (Å²) >= 11 is 0. The van der Waals surface area contributed by atoms with Crippen molar-refractivity contribution in [2.24, 2.45) is 0 Å². The Kier molecular flexibility index (Phi) is 8.76. The van der Waals surface area contributed by atoms with Gasteiger partial charge in [0, 0.05) is 38.8 Å². The molecule has 63 heavy (non-hydrogen) atoms. The summed E-state index contributed by atoms with van der Waals surface area (Å²) in [5, 5.41) is 2.46. The fraction of sp³-hybridized carbons (Fsp3) is 0.0164. The predicted octanol–water partition coefficient (Wildman–Crippen LogP) is 16.2. The Morgan fingerprint density at radius 3 is 1.41 bits per heavy atom. The number of para-hydroxylation sites is 2. The molecule has 1 N–H and O–H groups in total. The van der Waals surface area contributed by atoms with Gasteiger partial charge in [0.2, 0.25) is 0 Å². The van der Waals surface area contributed by atoms with Crippen LogP contribution in [0.1, 0.15) is 22.3 Å². The van der Waals surface area contributed by atoms with Gasteiger partial charge in [-0.15, -0.1) is 0 Å². The highest BCUT2D eigenvalue weighted by Gasteiger charge is 2.49. The largest absolute Gasteiger partial charge is 0.354 e. The molecule has 1 heterocycles. The Morgan fingerprint density at radius 2 is 0.810 bits per heavy atom. The van der Waals surface area contributed by atoms with Crippen LogP contribution in [0.15, 0.2) is 249 Å². The third-order valence-corrected chi connectivity index (χ3v) is 13.1. The number of hydrogen-bond donors (Lipinski definition) is 1. The molecule has 0 saturated carbocycles. The Bertz CT molecular complexity index is 3280. The van der Waals surface area contributed by atoms with Gasteiger partial charge in [-0.3, -0.25) is 0 Å². The van der Waals surface area contributed by atoms with E-state index in [0.717, 1.165) is 28.1 Å². The topological polar surface area (TPSA) is 19.0 Å². The molecule has 296 valence electrons. The molecule has 0 radical (unpaired) electrons. The predicted molar refractivity (Wildman–Crippen MR) is 264 cm³/mol. The molecule has 1 aromatic heterocycles. The van der Waals surface area contributed by atoms with Crippen LogP contribution in [0.2, 0.25) is 0 Å². The van der Waals surface area contributed by atoms with E-state index in [-0.39, 0.29) is 0 Å². The first-order chi connectivity index (χ1) is 31.3. The van der Waals surface area contributed by atoms with Crippen molar-refractivity contribution in [1.29, 1.82) is 0 Å². The summed E-state index contributed by atoms with van der Waals surface area (Å²) < 4.78 is 0. The SMILES string of the molecule is c1ccc(-c2ccc(N(c3ccc(-c4ccccc4)cc3)c3ccc(-c4cccc5c4[nH]c4ccccc45)c4c3C(c3ccccc3)(c3ccccc3)c3ccccc3-4)cc2)cc1. The molecule has 12 rings (SSSR count). The second kappa shape index (κ2) is 15.1. The monoisotopic (exact) mass is 802 g/mol. The van der Waals surface area contributed by atoms with Gasteiger partial charge in [-0.2, -0.15) is 0 Å². The van der Waals surface area contributed by atoms with E-state index in [0.29, 0.717) is 0 Å². The molecule has 0 spiro atoms. The molecule has 11 aromatic rings. The minimum atomic E-state index is -0.666. The number of anilines is 3. The third kappa shape index (κ3) is 5.87. The van der Waals surface area contributed by atoms with Crippen molar-refractivity contribution in [2.45, 2.75) is 5.41 Å². The normalized spacial score (nSPS) is 12.6. The first-order valence-corrected chi connectivity index (χ1v) is 21.8. The summed E-state index contributed by atoms with van der Waals surface area (Å²) in [4.78, 5) is 6.35. The summed E-state index contributed by atoms with van der Waals surface area (Å²) in [5.41, 5.74) is 19.5. The van der Waals surface area contributed by atoms with Gasteiger partial charge < -0.3 is 9.88 Å². The van der Waals surface area contributed by atoms with E-state index >= 15 is 0 Å². The molecule has 0 bridgehead atoms. The molecule has 1 aliphatic rings. The Hall–Kier alpha value is -8.20. The smallest absolute Gasteiger partial charge is 0.0734 e. The van der Waals surface area contributed by atoms with Gasteiger partial charge in [-0.25, -0.2) is 0 Å². The van der Waals surface area contributed by atoms with Crippen molar-refractivity contribution < 1.29 is 0 Å². The standard InChI is InChI=1S/C61H42N2/c1-5-18-42(19-6-1)44-32-36-48(37-33-44)63(49-38-34-45(35-39-49)43-20-7-2-8-21-43)57-41-40-51(53-29-17-28-52-50-26-14-16-31-56(50)62-60(52)53)58-54-27-13-15-30-55(54)61(59(57)58,46-22-9-3-10-23-46)47-24-11-4-12-25-47/h1-41,62H. The number of rotatable bonds is 8. The first kappa shape index (κ1) is 36.6. The van der Waals surface area contributed by atoms with Crippen molar-refractivity contribution in [2.75, 3.05) is 4.90 Å². The molecular formula is C61H42N2. The van der Waals surface area contributed by atoms with Crippen molar-refractivity contribution in [3.8, 4) is 44.5 Å². The third-order valence-electron chi connectivity index (χ3n) is 13.1. The van der Waals surface area contributed by atoms with E-state index in [1.165, 1.54) is 77.5 Å². The lowest BCUT2D eigenvalue weighted by molar-refractivity contribution is 0.768. The molecule has 0 unspecified atom stereocenters. The quantitative estimate of drug-likeness (QED) is 0.162. The van der Waals surface area contributed by atoms with Crippen LogP contribution in [0.5, 0.6) is 0 Å². The van der Waals surface area contributed by atoms with E-state index in [4.69, 9.17) is 0 Å². The Morgan fingerprint density at radius 1 is 0.333 bits per heavy atom. The number of H-pyrrole nitrogens is 1. The molecule has 10 aromatic carbocycles. The molecule has 2 nitrogen and oxygen atoms in total. The van der Waals surface area contributed by atoms with Crippen LogP contribution in [0.3, 0.4) is 0 Å². The maximum atomic E-state index is 3.86. The highest BCUT2D eigenvalue weighted by Crippen LogP contribution is 2.62. The Labute approximate surface area is 368 Å². The number of benzene rings is 10. The fourth-order valence-corrected chi connectivity index (χ4v) is 10.4. The number of aromatic nitrogens is 1. The lowest BCUT2D eigenvalue weighted by atomic mass is 9.67. The van der Waals surface area contributed by atoms with Crippen LogP contribution < -0.4 is 4.90 Å². The number of hydrogen-bond acceptors (Lipinski definition) is 1. The molecule has 0 aliphatic heterocycles. The van der Waals surface area contributed by atoms with E-state index in [1.807, 2.05) is 0 Å². The number of nitrogens with zero attached hydrogens (tertiary/aromatic N) is 1. The van der Waals surface area contributed by atoms with Crippen LogP contribution in [0.4, 0.5) is 17.1 Å². The van der Waals surface area contributed by atoms with Crippen LogP contribution in [0.25, 0.3) is 66.3 Å². The molecule has 0 amide bonds. The average Bonchev–Trinajstić information content (AvgIpc) is 3.91. The van der Waals surface area contributed by atoms with Crippen LogP contribution >= 0.6 is 0 Å². The molecule has 2 heteroatoms. The second-order valence-electron chi connectivity index (χ2n) is 16.5. The van der Waals surface area contributed by atoms with Crippen LogP contribution in [-0.4, -0.2) is 4.98 Å². The fourth-order valence-electron chi connectivity index (χ4n) is 10.4. The first-order valence-electron chi connectivity index (χ1n) is 21.8. The number of aromatic amines is 1. The second-order valence-corrected chi connectivity index (χ2v) is 16.5. The summed E-state index contributed by atoms with van der Waals surface area (Å²) in [7, 11) is 0. The summed E-state index contributed by atoms with van der Waals surface area (Å²) in [6.07, 6.45) is 0.